The molecule has 0 bridgehead atoms. The van der Waals surface area contributed by atoms with Gasteiger partial charge in [-0.15, -0.1) is 0 Å². The predicted molar refractivity (Wildman–Crippen MR) is 165 cm³/mol. The van der Waals surface area contributed by atoms with Crippen LogP contribution in [-0.4, -0.2) is 59.8 Å². The molecule has 0 radical (unpaired) electrons. The number of hydrogen-bond acceptors (Lipinski definition) is 12. The summed E-state index contributed by atoms with van der Waals surface area (Å²) in [6.45, 7) is 12.5. The van der Waals surface area contributed by atoms with E-state index < -0.39 is 0 Å². The van der Waals surface area contributed by atoms with E-state index in [1.54, 1.807) is 74.4 Å². The van der Waals surface area contributed by atoms with Crippen molar-refractivity contribution in [3.63, 3.8) is 0 Å². The van der Waals surface area contributed by atoms with Gasteiger partial charge in [-0.3, -0.25) is 59.8 Å². The fraction of sp³-hybridized carbons (Fsp3) is 0.250. The third-order valence-corrected chi connectivity index (χ3v) is 6.73. The first-order chi connectivity index (χ1) is 21.1. The maximum Gasteiger partial charge on any atom is 0.119 e. The van der Waals surface area contributed by atoms with E-state index in [0.29, 0.717) is 56.9 Å². The maximum atomic E-state index is 4.73. The Morgan fingerprint density at radius 3 is 0.614 bits per heavy atom. The van der Waals surface area contributed by atoms with Gasteiger partial charge >= 0.3 is 0 Å². The minimum absolute atomic E-state index is 0.295. The molecule has 0 spiro atoms. The number of hydrogen-bond donors (Lipinski definition) is 0. The van der Waals surface area contributed by atoms with E-state index in [1.807, 2.05) is 0 Å². The van der Waals surface area contributed by atoms with Crippen LogP contribution in [0.15, 0.2) is 74.4 Å². The molecule has 0 amide bonds. The zero-order chi connectivity index (χ0) is 30.9. The summed E-state index contributed by atoms with van der Waals surface area (Å²) in [6.07, 6.45) is 19.6. The van der Waals surface area contributed by atoms with Gasteiger partial charge in [0.25, 0.3) is 0 Å². The van der Waals surface area contributed by atoms with Crippen molar-refractivity contribution in [1.82, 2.24) is 59.8 Å². The lowest BCUT2D eigenvalue weighted by atomic mass is 9.88. The van der Waals surface area contributed by atoms with Crippen molar-refractivity contribution in [3.8, 4) is 56.9 Å². The Kier molecular flexibility index (Phi) is 7.33. The molecule has 0 aliphatic rings. The van der Waals surface area contributed by atoms with Gasteiger partial charge in [-0.1, -0.05) is 41.5 Å². The second-order valence-electron chi connectivity index (χ2n) is 12.0. The van der Waals surface area contributed by atoms with Crippen LogP contribution in [0.4, 0.5) is 0 Å². The van der Waals surface area contributed by atoms with Gasteiger partial charge in [-0.25, -0.2) is 0 Å². The number of aromatic nitrogens is 12. The van der Waals surface area contributed by atoms with Crippen LogP contribution in [-0.2, 0) is 10.8 Å². The molecule has 6 aromatic heterocycles. The molecular formula is C32H30N12. The molecule has 0 aliphatic heterocycles. The topological polar surface area (TPSA) is 155 Å². The summed E-state index contributed by atoms with van der Waals surface area (Å²) in [5.41, 5.74) is 6.09. The highest BCUT2D eigenvalue weighted by molar-refractivity contribution is 5.89. The van der Waals surface area contributed by atoms with Crippen molar-refractivity contribution in [2.24, 2.45) is 0 Å². The Labute approximate surface area is 254 Å². The third kappa shape index (κ3) is 5.37. The maximum absolute atomic E-state index is 4.73. The van der Waals surface area contributed by atoms with E-state index in [0.717, 1.165) is 11.4 Å². The minimum Gasteiger partial charge on any atom is -0.257 e. The molecule has 0 fully saturated rings. The van der Waals surface area contributed by atoms with E-state index in [9.17, 15) is 0 Å². The van der Waals surface area contributed by atoms with Crippen LogP contribution in [0.25, 0.3) is 56.9 Å². The Balaban J connectivity index is 1.57. The molecule has 0 saturated heterocycles. The highest BCUT2D eigenvalue weighted by atomic mass is 14.9. The van der Waals surface area contributed by atoms with Gasteiger partial charge in [0.1, 0.15) is 56.9 Å². The Morgan fingerprint density at radius 2 is 0.409 bits per heavy atom. The average molecular weight is 583 g/mol. The molecule has 12 heteroatoms. The monoisotopic (exact) mass is 582 g/mol. The minimum atomic E-state index is -0.295. The molecule has 0 saturated carbocycles. The van der Waals surface area contributed by atoms with Gasteiger partial charge in [0.15, 0.2) is 0 Å². The van der Waals surface area contributed by atoms with E-state index in [-0.39, 0.29) is 10.8 Å². The van der Waals surface area contributed by atoms with Gasteiger partial charge in [0.2, 0.25) is 0 Å². The average Bonchev–Trinajstić information content (AvgIpc) is 3.04. The second kappa shape index (κ2) is 11.3. The molecule has 12 nitrogen and oxygen atoms in total. The molecule has 0 N–H and O–H groups in total. The van der Waals surface area contributed by atoms with Crippen LogP contribution >= 0.6 is 0 Å². The number of rotatable bonds is 5. The third-order valence-electron chi connectivity index (χ3n) is 6.73. The number of nitrogens with zero attached hydrogens (tertiary/aromatic N) is 12. The molecule has 6 aromatic rings. The first-order valence-corrected chi connectivity index (χ1v) is 14.0. The highest BCUT2D eigenvalue weighted by Gasteiger charge is 2.29. The molecule has 44 heavy (non-hydrogen) atoms. The van der Waals surface area contributed by atoms with Crippen molar-refractivity contribution in [2.75, 3.05) is 0 Å². The van der Waals surface area contributed by atoms with Crippen molar-refractivity contribution in [3.05, 3.63) is 85.7 Å². The van der Waals surface area contributed by atoms with Crippen LogP contribution in [0.1, 0.15) is 52.9 Å². The van der Waals surface area contributed by atoms with Gasteiger partial charge < -0.3 is 0 Å². The molecule has 0 aromatic carbocycles. The highest BCUT2D eigenvalue weighted by Crippen LogP contribution is 2.39. The van der Waals surface area contributed by atoms with Crippen molar-refractivity contribution in [1.29, 1.82) is 0 Å². The SMILES string of the molecule is CC(C)(C)c1nccnc1-c1nccnc1-c1nccnc1-c1nccnc1-c1nccnc1-c1nccnc1C(C)(C)C. The summed E-state index contributed by atoms with van der Waals surface area (Å²) in [6, 6.07) is 0. The lowest BCUT2D eigenvalue weighted by Gasteiger charge is -2.21. The quantitative estimate of drug-likeness (QED) is 0.257. The van der Waals surface area contributed by atoms with Crippen molar-refractivity contribution >= 4 is 0 Å². The molecule has 0 aliphatic carbocycles. The van der Waals surface area contributed by atoms with Crippen LogP contribution in [0, 0.1) is 0 Å². The van der Waals surface area contributed by atoms with Gasteiger partial charge in [-0.2, -0.15) is 0 Å². The summed E-state index contributed by atoms with van der Waals surface area (Å²) in [5.74, 6) is 0. The first-order valence-electron chi connectivity index (χ1n) is 14.0. The molecule has 0 atom stereocenters. The smallest absolute Gasteiger partial charge is 0.119 e. The zero-order valence-corrected chi connectivity index (χ0v) is 25.3. The summed E-state index contributed by atoms with van der Waals surface area (Å²) >= 11 is 0. The molecular weight excluding hydrogens is 552 g/mol. The summed E-state index contributed by atoms with van der Waals surface area (Å²) in [7, 11) is 0. The first kappa shape index (κ1) is 28.6. The van der Waals surface area contributed by atoms with E-state index in [1.165, 1.54) is 0 Å². The summed E-state index contributed by atoms with van der Waals surface area (Å²) in [5, 5.41) is 0. The van der Waals surface area contributed by atoms with Crippen molar-refractivity contribution < 1.29 is 0 Å². The largest absolute Gasteiger partial charge is 0.257 e. The molecule has 6 heterocycles. The van der Waals surface area contributed by atoms with E-state index in [2.05, 4.69) is 61.5 Å². The Bertz CT molecular complexity index is 1820. The lowest BCUT2D eigenvalue weighted by Crippen LogP contribution is -2.17. The van der Waals surface area contributed by atoms with Crippen LogP contribution in [0.2, 0.25) is 0 Å². The predicted octanol–water partition coefficient (Wildman–Crippen LogP) is 5.36. The molecule has 218 valence electrons. The van der Waals surface area contributed by atoms with Gasteiger partial charge in [0.05, 0.1) is 11.4 Å². The normalized spacial score (nSPS) is 11.9. The van der Waals surface area contributed by atoms with E-state index in [4.69, 9.17) is 39.9 Å². The summed E-state index contributed by atoms with van der Waals surface area (Å²) < 4.78 is 0. The Hall–Kier alpha value is -5.52. The van der Waals surface area contributed by atoms with Crippen LogP contribution in [0.3, 0.4) is 0 Å². The fourth-order valence-electron chi connectivity index (χ4n) is 4.86. The lowest BCUT2D eigenvalue weighted by molar-refractivity contribution is 0.567. The van der Waals surface area contributed by atoms with Gasteiger partial charge in [-0.05, 0) is 0 Å². The van der Waals surface area contributed by atoms with Crippen LogP contribution in [0.5, 0.6) is 0 Å². The van der Waals surface area contributed by atoms with E-state index >= 15 is 0 Å². The van der Waals surface area contributed by atoms with Crippen LogP contribution < -0.4 is 0 Å². The standard InChI is InChI=1S/C32H30N12/c1-31(2,3)29-27(41-15-17-43-29)25-23(37-11-13-39-25)21-19(33-7-9-35-21)20-22(36-10-8-34-20)24-26(40-14-12-38-24)28-30(32(4,5)6)44-18-16-42-28/h7-18H,1-6H3. The Morgan fingerprint density at radius 1 is 0.250 bits per heavy atom. The fourth-order valence-corrected chi connectivity index (χ4v) is 4.86. The zero-order valence-electron chi connectivity index (χ0n) is 25.3. The summed E-state index contributed by atoms with van der Waals surface area (Å²) in [4.78, 5) is 56.4. The van der Waals surface area contributed by atoms with Crippen molar-refractivity contribution in [2.45, 2.75) is 52.4 Å². The second-order valence-corrected chi connectivity index (χ2v) is 12.0. The molecule has 6 rings (SSSR count). The van der Waals surface area contributed by atoms with Gasteiger partial charge in [0, 0.05) is 85.2 Å². The molecule has 0 unspecified atom stereocenters.